The summed E-state index contributed by atoms with van der Waals surface area (Å²) in [6, 6.07) is 15.3. The lowest BCUT2D eigenvalue weighted by atomic mass is 10.2. The van der Waals surface area contributed by atoms with Gasteiger partial charge in [-0.15, -0.1) is 12.6 Å². The number of aromatic nitrogens is 2. The molecular formula is C15H10Cl2N2S. The number of imidazole rings is 1. The molecule has 20 heavy (non-hydrogen) atoms. The van der Waals surface area contributed by atoms with Crippen molar-refractivity contribution in [2.75, 3.05) is 0 Å². The molecule has 3 rings (SSSR count). The van der Waals surface area contributed by atoms with Crippen LogP contribution in [0.2, 0.25) is 10.0 Å². The Balaban J connectivity index is 2.12. The minimum absolute atomic E-state index is 0.482. The SMILES string of the molecule is Sc1nc(-c2cccc(Cl)c2Cl)[nH]c1-c1ccccc1. The molecule has 100 valence electrons. The van der Waals surface area contributed by atoms with E-state index in [2.05, 4.69) is 22.6 Å². The van der Waals surface area contributed by atoms with Gasteiger partial charge in [-0.2, -0.15) is 0 Å². The molecule has 0 saturated carbocycles. The predicted molar refractivity (Wildman–Crippen MR) is 86.7 cm³/mol. The molecule has 0 aliphatic carbocycles. The average molecular weight is 321 g/mol. The van der Waals surface area contributed by atoms with Gasteiger partial charge in [0.2, 0.25) is 0 Å². The fourth-order valence-electron chi connectivity index (χ4n) is 1.98. The Hall–Kier alpha value is -1.42. The molecule has 0 bridgehead atoms. The Morgan fingerprint density at radius 2 is 1.70 bits per heavy atom. The van der Waals surface area contributed by atoms with E-state index in [4.69, 9.17) is 23.2 Å². The van der Waals surface area contributed by atoms with E-state index in [9.17, 15) is 0 Å². The summed E-state index contributed by atoms with van der Waals surface area (Å²) in [5.41, 5.74) is 2.64. The van der Waals surface area contributed by atoms with Gasteiger partial charge < -0.3 is 4.98 Å². The van der Waals surface area contributed by atoms with Crippen molar-refractivity contribution in [3.63, 3.8) is 0 Å². The van der Waals surface area contributed by atoms with Crippen molar-refractivity contribution in [3.8, 4) is 22.6 Å². The number of halogens is 2. The van der Waals surface area contributed by atoms with Crippen LogP contribution in [0.4, 0.5) is 0 Å². The van der Waals surface area contributed by atoms with Crippen LogP contribution in [0, 0.1) is 0 Å². The largest absolute Gasteiger partial charge is 0.337 e. The van der Waals surface area contributed by atoms with Crippen molar-refractivity contribution in [1.82, 2.24) is 9.97 Å². The van der Waals surface area contributed by atoms with Crippen molar-refractivity contribution in [3.05, 3.63) is 58.6 Å². The zero-order valence-corrected chi connectivity index (χ0v) is 12.7. The second-order valence-corrected chi connectivity index (χ2v) is 5.46. The monoisotopic (exact) mass is 320 g/mol. The molecule has 0 aliphatic rings. The topological polar surface area (TPSA) is 28.7 Å². The molecule has 0 atom stereocenters. The van der Waals surface area contributed by atoms with Gasteiger partial charge in [0, 0.05) is 11.1 Å². The van der Waals surface area contributed by atoms with Crippen molar-refractivity contribution in [2.45, 2.75) is 5.03 Å². The van der Waals surface area contributed by atoms with Gasteiger partial charge in [0.1, 0.15) is 10.9 Å². The standard InChI is InChI=1S/C15H10Cl2N2S/c16-11-8-4-7-10(12(11)17)14-18-13(15(20)19-14)9-5-2-1-3-6-9/h1-8,20H,(H,18,19). The van der Waals surface area contributed by atoms with E-state index in [1.54, 1.807) is 6.07 Å². The van der Waals surface area contributed by atoms with Gasteiger partial charge >= 0.3 is 0 Å². The lowest BCUT2D eigenvalue weighted by Gasteiger charge is -2.02. The molecule has 0 unspecified atom stereocenters. The number of aromatic amines is 1. The number of rotatable bonds is 2. The minimum atomic E-state index is 0.482. The number of H-pyrrole nitrogens is 1. The smallest absolute Gasteiger partial charge is 0.140 e. The van der Waals surface area contributed by atoms with Crippen molar-refractivity contribution < 1.29 is 0 Å². The molecule has 0 amide bonds. The fraction of sp³-hybridized carbons (Fsp3) is 0. The molecule has 1 heterocycles. The summed E-state index contributed by atoms with van der Waals surface area (Å²) in [7, 11) is 0. The molecule has 0 spiro atoms. The molecule has 2 nitrogen and oxygen atoms in total. The molecular weight excluding hydrogens is 311 g/mol. The van der Waals surface area contributed by atoms with Gasteiger partial charge in [0.05, 0.1) is 15.7 Å². The van der Waals surface area contributed by atoms with Crippen LogP contribution in [-0.4, -0.2) is 9.97 Å². The number of benzene rings is 2. The van der Waals surface area contributed by atoms with Crippen LogP contribution in [0.25, 0.3) is 22.6 Å². The maximum absolute atomic E-state index is 6.22. The van der Waals surface area contributed by atoms with Crippen molar-refractivity contribution in [2.24, 2.45) is 0 Å². The first-order valence-corrected chi connectivity index (χ1v) is 7.16. The number of thiol groups is 1. The molecule has 1 N–H and O–H groups in total. The highest BCUT2D eigenvalue weighted by molar-refractivity contribution is 7.80. The number of hydrogen-bond acceptors (Lipinski definition) is 2. The molecule has 0 radical (unpaired) electrons. The maximum atomic E-state index is 6.22. The van der Waals surface area contributed by atoms with Gasteiger partial charge in [-0.25, -0.2) is 4.98 Å². The van der Waals surface area contributed by atoms with E-state index in [-0.39, 0.29) is 0 Å². The number of nitrogens with zero attached hydrogens (tertiary/aromatic N) is 1. The van der Waals surface area contributed by atoms with Crippen LogP contribution in [0.15, 0.2) is 53.6 Å². The quantitative estimate of drug-likeness (QED) is 0.613. The van der Waals surface area contributed by atoms with E-state index < -0.39 is 0 Å². The predicted octanol–water partition coefficient (Wildman–Crippen LogP) is 5.34. The zero-order chi connectivity index (χ0) is 14.1. The van der Waals surface area contributed by atoms with Crippen molar-refractivity contribution >= 4 is 35.8 Å². The van der Waals surface area contributed by atoms with E-state index in [0.717, 1.165) is 16.8 Å². The summed E-state index contributed by atoms with van der Waals surface area (Å²) in [6.45, 7) is 0. The molecule has 2 aromatic carbocycles. The molecule has 0 aliphatic heterocycles. The average Bonchev–Trinajstić information content (AvgIpc) is 2.85. The Labute approximate surface area is 132 Å². The van der Waals surface area contributed by atoms with Gasteiger partial charge in [-0.1, -0.05) is 59.6 Å². The van der Waals surface area contributed by atoms with Gasteiger partial charge in [0.25, 0.3) is 0 Å². The first-order valence-electron chi connectivity index (χ1n) is 5.95. The van der Waals surface area contributed by atoms with Crippen LogP contribution in [0.1, 0.15) is 0 Å². The van der Waals surface area contributed by atoms with Crippen molar-refractivity contribution in [1.29, 1.82) is 0 Å². The van der Waals surface area contributed by atoms with E-state index in [1.807, 2.05) is 42.5 Å². The zero-order valence-electron chi connectivity index (χ0n) is 10.3. The van der Waals surface area contributed by atoms with E-state index >= 15 is 0 Å². The lowest BCUT2D eigenvalue weighted by molar-refractivity contribution is 1.21. The summed E-state index contributed by atoms with van der Waals surface area (Å²) in [4.78, 5) is 7.68. The van der Waals surface area contributed by atoms with Gasteiger partial charge in [-0.05, 0) is 12.1 Å². The van der Waals surface area contributed by atoms with E-state index in [0.29, 0.717) is 20.9 Å². The Morgan fingerprint density at radius 3 is 2.45 bits per heavy atom. The highest BCUT2D eigenvalue weighted by atomic mass is 35.5. The Kier molecular flexibility index (Phi) is 3.74. The van der Waals surface area contributed by atoms with Gasteiger partial charge in [-0.3, -0.25) is 0 Å². The lowest BCUT2D eigenvalue weighted by Crippen LogP contribution is -1.83. The third-order valence-electron chi connectivity index (χ3n) is 2.95. The van der Waals surface area contributed by atoms with Gasteiger partial charge in [0.15, 0.2) is 0 Å². The summed E-state index contributed by atoms with van der Waals surface area (Å²) >= 11 is 16.7. The van der Waals surface area contributed by atoms with Crippen LogP contribution >= 0.6 is 35.8 Å². The highest BCUT2D eigenvalue weighted by Crippen LogP contribution is 2.34. The Morgan fingerprint density at radius 1 is 0.950 bits per heavy atom. The normalized spacial score (nSPS) is 10.8. The summed E-state index contributed by atoms with van der Waals surface area (Å²) in [6.07, 6.45) is 0. The molecule has 0 fully saturated rings. The van der Waals surface area contributed by atoms with Crippen LogP contribution in [0.5, 0.6) is 0 Å². The molecule has 1 aromatic heterocycles. The second kappa shape index (κ2) is 5.52. The van der Waals surface area contributed by atoms with Crippen LogP contribution in [-0.2, 0) is 0 Å². The number of hydrogen-bond donors (Lipinski definition) is 2. The summed E-state index contributed by atoms with van der Waals surface area (Å²) in [5, 5.41) is 1.61. The molecule has 0 saturated heterocycles. The second-order valence-electron chi connectivity index (χ2n) is 4.25. The first kappa shape index (κ1) is 13.6. The summed E-state index contributed by atoms with van der Waals surface area (Å²) in [5.74, 6) is 0.654. The number of nitrogens with one attached hydrogen (secondary N) is 1. The van der Waals surface area contributed by atoms with Crippen LogP contribution < -0.4 is 0 Å². The Bertz CT molecular complexity index is 754. The first-order chi connectivity index (χ1) is 9.66. The van der Waals surface area contributed by atoms with E-state index in [1.165, 1.54) is 0 Å². The molecule has 3 aromatic rings. The fourth-order valence-corrected chi connectivity index (χ4v) is 2.66. The third-order valence-corrected chi connectivity index (χ3v) is 4.10. The molecule has 5 heteroatoms. The highest BCUT2D eigenvalue weighted by Gasteiger charge is 2.14. The van der Waals surface area contributed by atoms with Crippen LogP contribution in [0.3, 0.4) is 0 Å². The maximum Gasteiger partial charge on any atom is 0.140 e. The third kappa shape index (κ3) is 2.44. The minimum Gasteiger partial charge on any atom is -0.337 e. The summed E-state index contributed by atoms with van der Waals surface area (Å²) < 4.78 is 0.